The number of imidazole rings is 1. The molecule has 2 aromatic carbocycles. The Morgan fingerprint density at radius 2 is 1.82 bits per heavy atom. The first kappa shape index (κ1) is 21.6. The number of unbranched alkanes of at least 4 members (excludes halogenated alkanes) is 1. The molecule has 0 amide bonds. The van der Waals surface area contributed by atoms with Gasteiger partial charge in [0.05, 0.1) is 5.69 Å². The molecule has 3 aromatic heterocycles. The molecule has 0 aliphatic heterocycles. The Balaban J connectivity index is 1.52. The van der Waals surface area contributed by atoms with Crippen molar-refractivity contribution in [1.82, 2.24) is 35.0 Å². The molecule has 0 aliphatic carbocycles. The van der Waals surface area contributed by atoms with E-state index in [4.69, 9.17) is 0 Å². The van der Waals surface area contributed by atoms with Crippen molar-refractivity contribution in [3.8, 4) is 28.4 Å². The lowest BCUT2D eigenvalue weighted by Gasteiger charge is -2.13. The summed E-state index contributed by atoms with van der Waals surface area (Å²) < 4.78 is 1.87. The first-order valence-corrected chi connectivity index (χ1v) is 11.3. The fraction of sp³-hybridized carbons (Fsp3) is 0.240. The minimum absolute atomic E-state index is 0.0600. The van der Waals surface area contributed by atoms with Gasteiger partial charge in [0, 0.05) is 23.2 Å². The molecule has 3 N–H and O–H groups in total. The Morgan fingerprint density at radius 3 is 2.53 bits per heavy atom. The summed E-state index contributed by atoms with van der Waals surface area (Å²) in [5.41, 5.74) is 5.99. The van der Waals surface area contributed by atoms with Crippen LogP contribution in [0.2, 0.25) is 0 Å². The number of aromatic nitrogens is 7. The molecule has 0 radical (unpaired) electrons. The monoisotopic (exact) mass is 455 g/mol. The Morgan fingerprint density at radius 1 is 1.06 bits per heavy atom. The van der Waals surface area contributed by atoms with Gasteiger partial charge in [-0.25, -0.2) is 0 Å². The van der Waals surface area contributed by atoms with Crippen molar-refractivity contribution < 1.29 is 5.11 Å². The fourth-order valence-corrected chi connectivity index (χ4v) is 4.35. The van der Waals surface area contributed by atoms with Crippen molar-refractivity contribution in [3.63, 3.8) is 0 Å². The molecule has 9 heteroatoms. The molecule has 0 fully saturated rings. The highest BCUT2D eigenvalue weighted by Gasteiger charge is 2.18. The highest BCUT2D eigenvalue weighted by Crippen LogP contribution is 2.30. The van der Waals surface area contributed by atoms with E-state index in [1.54, 1.807) is 0 Å². The Bertz CT molecular complexity index is 1500. The molecule has 172 valence electrons. The summed E-state index contributed by atoms with van der Waals surface area (Å²) in [5.74, 6) is 0.859. The van der Waals surface area contributed by atoms with Crippen molar-refractivity contribution in [2.45, 2.75) is 39.5 Å². The first-order valence-electron chi connectivity index (χ1n) is 11.3. The van der Waals surface area contributed by atoms with Gasteiger partial charge in [-0.1, -0.05) is 61.9 Å². The highest BCUT2D eigenvalue weighted by atomic mass is 16.3. The molecule has 9 nitrogen and oxygen atoms in total. The van der Waals surface area contributed by atoms with Crippen LogP contribution in [0.1, 0.15) is 42.3 Å². The van der Waals surface area contributed by atoms with Crippen LogP contribution in [0, 0.1) is 6.92 Å². The number of hydrogen-bond acceptors (Lipinski definition) is 6. The van der Waals surface area contributed by atoms with Gasteiger partial charge >= 0.3 is 0 Å². The predicted octanol–water partition coefficient (Wildman–Crippen LogP) is 3.82. The summed E-state index contributed by atoms with van der Waals surface area (Å²) in [6.45, 7) is 3.93. The van der Waals surface area contributed by atoms with Crippen molar-refractivity contribution >= 4 is 5.78 Å². The Labute approximate surface area is 195 Å². The van der Waals surface area contributed by atoms with Crippen LogP contribution in [0.15, 0.2) is 53.3 Å². The molecule has 3 heterocycles. The Kier molecular flexibility index (Phi) is 5.67. The van der Waals surface area contributed by atoms with Gasteiger partial charge in [-0.3, -0.25) is 14.2 Å². The lowest BCUT2D eigenvalue weighted by Crippen LogP contribution is -2.21. The first-order chi connectivity index (χ1) is 16.6. The SMILES string of the molecule is CCCCc1c(Cc2ccc(-c3ccccc3-c3nn[nH]n3)cc2)c(=O)[nH]c2nc(O)c(C)n12. The van der Waals surface area contributed by atoms with E-state index in [1.165, 1.54) is 0 Å². The molecule has 0 atom stereocenters. The number of rotatable bonds is 7. The normalized spacial score (nSPS) is 11.4. The van der Waals surface area contributed by atoms with E-state index in [9.17, 15) is 9.90 Å². The molecule has 34 heavy (non-hydrogen) atoms. The molecule has 0 bridgehead atoms. The van der Waals surface area contributed by atoms with Gasteiger partial charge in [0.2, 0.25) is 17.5 Å². The maximum atomic E-state index is 13.0. The van der Waals surface area contributed by atoms with E-state index in [1.807, 2.05) is 59.9 Å². The van der Waals surface area contributed by atoms with Crippen LogP contribution in [0.3, 0.4) is 0 Å². The lowest BCUT2D eigenvalue weighted by molar-refractivity contribution is 0.452. The van der Waals surface area contributed by atoms with Gasteiger partial charge in [0.15, 0.2) is 0 Å². The summed E-state index contributed by atoms with van der Waals surface area (Å²) in [7, 11) is 0. The second-order valence-electron chi connectivity index (χ2n) is 8.32. The van der Waals surface area contributed by atoms with Gasteiger partial charge in [-0.2, -0.15) is 10.2 Å². The Hall–Kier alpha value is -4.27. The van der Waals surface area contributed by atoms with Gasteiger partial charge in [0.1, 0.15) is 0 Å². The number of nitrogens with one attached hydrogen (secondary N) is 2. The van der Waals surface area contributed by atoms with Gasteiger partial charge < -0.3 is 5.11 Å². The van der Waals surface area contributed by atoms with Gasteiger partial charge in [-0.05, 0) is 41.7 Å². The highest BCUT2D eigenvalue weighted by molar-refractivity contribution is 5.80. The van der Waals surface area contributed by atoms with Crippen LogP contribution in [0.25, 0.3) is 28.3 Å². The number of nitrogens with zero attached hydrogens (tertiary/aromatic N) is 5. The summed E-state index contributed by atoms with van der Waals surface area (Å²) in [4.78, 5) is 19.9. The smallest absolute Gasteiger partial charge is 0.256 e. The zero-order valence-electron chi connectivity index (χ0n) is 19.0. The topological polar surface area (TPSA) is 125 Å². The second kappa shape index (κ2) is 8.93. The lowest BCUT2D eigenvalue weighted by atomic mass is 9.96. The summed E-state index contributed by atoms with van der Waals surface area (Å²) in [6, 6.07) is 16.1. The van der Waals surface area contributed by atoms with E-state index < -0.39 is 0 Å². The van der Waals surface area contributed by atoms with Crippen LogP contribution >= 0.6 is 0 Å². The number of fused-ring (bicyclic) bond motifs is 1. The number of aromatic hydroxyl groups is 1. The van der Waals surface area contributed by atoms with E-state index in [2.05, 4.69) is 37.5 Å². The third-order valence-corrected chi connectivity index (χ3v) is 6.13. The average Bonchev–Trinajstić information content (AvgIpc) is 3.48. The molecule has 5 aromatic rings. The quantitative estimate of drug-likeness (QED) is 0.343. The largest absolute Gasteiger partial charge is 0.492 e. The zero-order valence-corrected chi connectivity index (χ0v) is 19.0. The summed E-state index contributed by atoms with van der Waals surface area (Å²) in [6.07, 6.45) is 3.16. The predicted molar refractivity (Wildman–Crippen MR) is 129 cm³/mol. The van der Waals surface area contributed by atoms with Gasteiger partial charge in [-0.15, -0.1) is 10.2 Å². The van der Waals surface area contributed by atoms with E-state index in [-0.39, 0.29) is 11.4 Å². The van der Waals surface area contributed by atoms with Crippen molar-refractivity contribution in [2.75, 3.05) is 0 Å². The number of tetrazole rings is 1. The minimum Gasteiger partial charge on any atom is -0.492 e. The van der Waals surface area contributed by atoms with Crippen LogP contribution in [-0.2, 0) is 12.8 Å². The number of H-pyrrole nitrogens is 2. The van der Waals surface area contributed by atoms with Gasteiger partial charge in [0.25, 0.3) is 5.56 Å². The zero-order chi connectivity index (χ0) is 23.7. The van der Waals surface area contributed by atoms with Crippen molar-refractivity contribution in [1.29, 1.82) is 0 Å². The minimum atomic E-state index is -0.171. The number of hydrogen-bond donors (Lipinski definition) is 3. The van der Waals surface area contributed by atoms with Crippen LogP contribution in [0.5, 0.6) is 5.88 Å². The molecule has 0 spiro atoms. The number of aryl methyl sites for hydroxylation is 2. The maximum Gasteiger partial charge on any atom is 0.256 e. The molecular formula is C25H25N7O2. The molecule has 5 rings (SSSR count). The summed E-state index contributed by atoms with van der Waals surface area (Å²) in [5, 5.41) is 24.5. The number of aromatic amines is 2. The van der Waals surface area contributed by atoms with Crippen LogP contribution in [-0.4, -0.2) is 40.1 Å². The van der Waals surface area contributed by atoms with Crippen LogP contribution in [0.4, 0.5) is 0 Å². The molecular weight excluding hydrogens is 430 g/mol. The average molecular weight is 456 g/mol. The second-order valence-corrected chi connectivity index (χ2v) is 8.32. The van der Waals surface area contributed by atoms with Crippen molar-refractivity contribution in [3.05, 3.63) is 81.4 Å². The molecule has 0 saturated carbocycles. The van der Waals surface area contributed by atoms with E-state index >= 15 is 0 Å². The van der Waals surface area contributed by atoms with Crippen molar-refractivity contribution in [2.24, 2.45) is 0 Å². The maximum absolute atomic E-state index is 13.0. The molecule has 0 aliphatic rings. The molecule has 0 unspecified atom stereocenters. The van der Waals surface area contributed by atoms with E-state index in [0.717, 1.165) is 47.2 Å². The molecule has 0 saturated heterocycles. The fourth-order valence-electron chi connectivity index (χ4n) is 4.35. The third-order valence-electron chi connectivity index (χ3n) is 6.13. The summed E-state index contributed by atoms with van der Waals surface area (Å²) >= 11 is 0. The number of benzene rings is 2. The van der Waals surface area contributed by atoms with Crippen LogP contribution < -0.4 is 5.56 Å². The third kappa shape index (κ3) is 3.85. The van der Waals surface area contributed by atoms with E-state index in [0.29, 0.717) is 29.3 Å². The standard InChI is InChI=1S/C25H25N7O2/c1-3-4-9-21-20(24(34)27-25-26-23(33)15(2)32(21)25)14-16-10-12-17(13-11-16)18-7-5-6-8-19(18)22-28-30-31-29-22/h5-8,10-13,33H,3-4,9,14H2,1-2H3,(H,26,27,34)(H,28,29,30,31).